The minimum atomic E-state index is -1.39. The zero-order valence-corrected chi connectivity index (χ0v) is 15.5. The molecule has 4 rings (SSSR count). The molecule has 0 saturated carbocycles. The third-order valence-corrected chi connectivity index (χ3v) is 4.85. The van der Waals surface area contributed by atoms with Crippen molar-refractivity contribution in [3.8, 4) is 0 Å². The minimum absolute atomic E-state index is 0.446. The van der Waals surface area contributed by atoms with Crippen LogP contribution in [0.2, 0.25) is 5.02 Å². The largest absolute Gasteiger partial charge is 0.346 e. The first-order valence-electron chi connectivity index (χ1n) is 8.68. The molecule has 1 fully saturated rings. The number of urea groups is 1. The molecule has 1 aliphatic rings. The van der Waals surface area contributed by atoms with E-state index in [-0.39, 0.29) is 0 Å². The monoisotopic (exact) mass is 389 g/mol. The Bertz CT molecular complexity index is 1010. The molecule has 3 aromatic rings. The minimum Gasteiger partial charge on any atom is -0.274 e. The number of carbonyl (C=O) groups is 2. The van der Waals surface area contributed by atoms with Crippen molar-refractivity contribution in [2.45, 2.75) is 5.54 Å². The first kappa shape index (κ1) is 17.9. The molecule has 3 amide bonds. The Kier molecular flexibility index (Phi) is 4.67. The van der Waals surface area contributed by atoms with Crippen molar-refractivity contribution in [2.75, 3.05) is 0 Å². The van der Waals surface area contributed by atoms with Gasteiger partial charge in [0.25, 0.3) is 5.91 Å². The summed E-state index contributed by atoms with van der Waals surface area (Å²) in [5.74, 6) is -0.446. The first-order valence-corrected chi connectivity index (χ1v) is 9.06. The lowest BCUT2D eigenvalue weighted by atomic mass is 9.82. The summed E-state index contributed by atoms with van der Waals surface area (Å²) in [6.45, 7) is 0. The SMILES string of the molecule is O=C1NC(=O)C(c2ccccc2)(c2ccccc2)N1N=Cc1cccc(Cl)c1. The molecular weight excluding hydrogens is 374 g/mol. The smallest absolute Gasteiger partial charge is 0.274 e. The molecule has 0 aliphatic carbocycles. The Morgan fingerprint density at radius 1 is 0.857 bits per heavy atom. The Hall–Kier alpha value is -3.44. The third-order valence-electron chi connectivity index (χ3n) is 4.61. The van der Waals surface area contributed by atoms with Crippen LogP contribution in [-0.4, -0.2) is 23.2 Å². The second-order valence-electron chi connectivity index (χ2n) is 6.31. The summed E-state index contributed by atoms with van der Waals surface area (Å²) >= 11 is 6.03. The highest BCUT2D eigenvalue weighted by molar-refractivity contribution is 6.30. The molecule has 1 N–H and O–H groups in total. The number of halogens is 1. The molecule has 0 spiro atoms. The molecule has 1 saturated heterocycles. The number of benzene rings is 3. The molecule has 0 aromatic heterocycles. The lowest BCUT2D eigenvalue weighted by Crippen LogP contribution is -2.45. The molecule has 6 heteroatoms. The average Bonchev–Trinajstić information content (AvgIpc) is 2.98. The maximum absolute atomic E-state index is 13.1. The summed E-state index contributed by atoms with van der Waals surface area (Å²) < 4.78 is 0. The predicted octanol–water partition coefficient (Wildman–Crippen LogP) is 4.17. The van der Waals surface area contributed by atoms with Crippen LogP contribution in [0.4, 0.5) is 4.79 Å². The Morgan fingerprint density at radius 2 is 1.46 bits per heavy atom. The van der Waals surface area contributed by atoms with E-state index in [1.54, 1.807) is 18.2 Å². The van der Waals surface area contributed by atoms with E-state index >= 15 is 0 Å². The number of hydrogen-bond acceptors (Lipinski definition) is 3. The van der Waals surface area contributed by atoms with Crippen LogP contribution in [0.1, 0.15) is 16.7 Å². The van der Waals surface area contributed by atoms with Crippen LogP contribution in [0.3, 0.4) is 0 Å². The van der Waals surface area contributed by atoms with E-state index in [0.717, 1.165) is 5.56 Å². The van der Waals surface area contributed by atoms with Gasteiger partial charge in [-0.3, -0.25) is 10.1 Å². The van der Waals surface area contributed by atoms with Crippen LogP contribution in [-0.2, 0) is 10.3 Å². The normalized spacial score (nSPS) is 15.8. The van der Waals surface area contributed by atoms with Crippen molar-refractivity contribution in [1.29, 1.82) is 0 Å². The van der Waals surface area contributed by atoms with Gasteiger partial charge in [0, 0.05) is 5.02 Å². The van der Waals surface area contributed by atoms with Crippen molar-refractivity contribution < 1.29 is 9.59 Å². The number of nitrogens with one attached hydrogen (secondary N) is 1. The summed E-state index contributed by atoms with van der Waals surface area (Å²) in [4.78, 5) is 25.8. The third kappa shape index (κ3) is 2.96. The Morgan fingerprint density at radius 3 is 2.04 bits per heavy atom. The topological polar surface area (TPSA) is 61.8 Å². The van der Waals surface area contributed by atoms with E-state index in [4.69, 9.17) is 11.6 Å². The van der Waals surface area contributed by atoms with Crippen LogP contribution in [0.5, 0.6) is 0 Å². The summed E-state index contributed by atoms with van der Waals surface area (Å²) in [5, 5.41) is 8.55. The fraction of sp³-hybridized carbons (Fsp3) is 0.0455. The molecule has 5 nitrogen and oxygen atoms in total. The molecule has 138 valence electrons. The van der Waals surface area contributed by atoms with Gasteiger partial charge >= 0.3 is 6.03 Å². The highest BCUT2D eigenvalue weighted by atomic mass is 35.5. The molecule has 0 atom stereocenters. The molecule has 28 heavy (non-hydrogen) atoms. The van der Waals surface area contributed by atoms with Crippen molar-refractivity contribution in [1.82, 2.24) is 10.3 Å². The summed E-state index contributed by atoms with van der Waals surface area (Å²) in [5.41, 5.74) is 0.615. The van der Waals surface area contributed by atoms with Gasteiger partial charge in [0.2, 0.25) is 0 Å². The summed E-state index contributed by atoms with van der Waals surface area (Å²) in [6.07, 6.45) is 1.52. The predicted molar refractivity (Wildman–Crippen MR) is 108 cm³/mol. The quantitative estimate of drug-likeness (QED) is 0.537. The molecule has 1 heterocycles. The van der Waals surface area contributed by atoms with Gasteiger partial charge in [-0.05, 0) is 28.8 Å². The number of hydrazone groups is 1. The number of nitrogens with zero attached hydrogens (tertiary/aromatic N) is 2. The van der Waals surface area contributed by atoms with Crippen LogP contribution in [0, 0.1) is 0 Å². The molecular formula is C22H16ClN3O2. The number of hydrogen-bond donors (Lipinski definition) is 1. The summed E-state index contributed by atoms with van der Waals surface area (Å²) in [6, 6.07) is 24.8. The van der Waals surface area contributed by atoms with Crippen LogP contribution in [0.25, 0.3) is 0 Å². The van der Waals surface area contributed by atoms with Crippen molar-refractivity contribution in [3.63, 3.8) is 0 Å². The number of carbonyl (C=O) groups excluding carboxylic acids is 2. The van der Waals surface area contributed by atoms with E-state index in [2.05, 4.69) is 10.4 Å². The van der Waals surface area contributed by atoms with Crippen molar-refractivity contribution in [2.24, 2.45) is 5.10 Å². The van der Waals surface area contributed by atoms with E-state index in [1.807, 2.05) is 66.7 Å². The fourth-order valence-corrected chi connectivity index (χ4v) is 3.57. The second-order valence-corrected chi connectivity index (χ2v) is 6.75. The Balaban J connectivity index is 1.89. The molecule has 3 aromatic carbocycles. The number of rotatable bonds is 4. The van der Waals surface area contributed by atoms with Gasteiger partial charge < -0.3 is 0 Å². The number of imide groups is 1. The van der Waals surface area contributed by atoms with Gasteiger partial charge in [0.15, 0.2) is 5.54 Å². The second kappa shape index (κ2) is 7.29. The zero-order chi connectivity index (χ0) is 19.6. The average molecular weight is 390 g/mol. The zero-order valence-electron chi connectivity index (χ0n) is 14.7. The standard InChI is InChI=1S/C22H16ClN3O2/c23-19-13-7-8-16(14-19)15-24-26-21(28)25-20(27)22(26,17-9-3-1-4-10-17)18-11-5-2-6-12-18/h1-15H,(H,25,27,28). The Labute approximate surface area is 167 Å². The van der Waals surface area contributed by atoms with E-state index in [0.29, 0.717) is 16.1 Å². The first-order chi connectivity index (χ1) is 13.6. The van der Waals surface area contributed by atoms with Gasteiger partial charge in [-0.25, -0.2) is 4.79 Å². The highest BCUT2D eigenvalue weighted by Gasteiger charge is 2.56. The molecule has 1 aliphatic heterocycles. The van der Waals surface area contributed by atoms with E-state index in [1.165, 1.54) is 11.2 Å². The highest BCUT2D eigenvalue weighted by Crippen LogP contribution is 2.40. The summed E-state index contributed by atoms with van der Waals surface area (Å²) in [7, 11) is 0. The van der Waals surface area contributed by atoms with Gasteiger partial charge in [-0.1, -0.05) is 84.4 Å². The van der Waals surface area contributed by atoms with Crippen molar-refractivity contribution >= 4 is 29.8 Å². The van der Waals surface area contributed by atoms with Crippen molar-refractivity contribution in [3.05, 3.63) is 107 Å². The number of amides is 3. The van der Waals surface area contributed by atoms with Gasteiger partial charge in [-0.2, -0.15) is 10.1 Å². The van der Waals surface area contributed by atoms with Crippen LogP contribution >= 0.6 is 11.6 Å². The fourth-order valence-electron chi connectivity index (χ4n) is 3.37. The maximum Gasteiger partial charge on any atom is 0.346 e. The van der Waals surface area contributed by atoms with Crippen LogP contribution < -0.4 is 5.32 Å². The van der Waals surface area contributed by atoms with E-state index in [9.17, 15) is 9.59 Å². The van der Waals surface area contributed by atoms with E-state index < -0.39 is 17.5 Å². The molecule has 0 unspecified atom stereocenters. The van der Waals surface area contributed by atoms with Gasteiger partial charge in [-0.15, -0.1) is 0 Å². The van der Waals surface area contributed by atoms with Gasteiger partial charge in [0.1, 0.15) is 0 Å². The maximum atomic E-state index is 13.1. The van der Waals surface area contributed by atoms with Gasteiger partial charge in [0.05, 0.1) is 6.21 Å². The molecule has 0 radical (unpaired) electrons. The molecule has 0 bridgehead atoms. The lowest BCUT2D eigenvalue weighted by molar-refractivity contribution is -0.125. The lowest BCUT2D eigenvalue weighted by Gasteiger charge is -2.32. The van der Waals surface area contributed by atoms with Crippen LogP contribution in [0.15, 0.2) is 90.0 Å².